The number of hydrogen-bond donors (Lipinski definition) is 1. The molecule has 35 heavy (non-hydrogen) atoms. The molecule has 2 aliphatic rings. The maximum Gasteiger partial charge on any atom is 0.326 e. The average molecular weight is 509 g/mol. The molecule has 5 nitrogen and oxygen atoms in total. The molecule has 8 heteroatoms. The summed E-state index contributed by atoms with van der Waals surface area (Å²) in [7, 11) is 0. The molecule has 2 aliphatic heterocycles. The van der Waals surface area contributed by atoms with Gasteiger partial charge in [0.2, 0.25) is 0 Å². The standard InChI is InChI=1S/C27H23Cl2FN4O/c28-23-7-6-21(14-24(23)29)32-26(35)34-17-27(22-13-20(30)5-8-25(22)34)9-11-33(12-10-27)16-19-3-1-18(15-31)2-4-19/h1-8,13-14H,9-12,16-17H2,(H,32,35). The van der Waals surface area contributed by atoms with E-state index in [0.29, 0.717) is 27.8 Å². The van der Waals surface area contributed by atoms with E-state index in [-0.39, 0.29) is 17.3 Å². The highest BCUT2D eigenvalue weighted by molar-refractivity contribution is 6.42. The van der Waals surface area contributed by atoms with Crippen molar-refractivity contribution >= 4 is 40.6 Å². The van der Waals surface area contributed by atoms with Gasteiger partial charge in [0.25, 0.3) is 0 Å². The van der Waals surface area contributed by atoms with E-state index in [0.717, 1.165) is 49.3 Å². The molecule has 0 aliphatic carbocycles. The number of amides is 2. The smallest absolute Gasteiger partial charge is 0.307 e. The monoisotopic (exact) mass is 508 g/mol. The van der Waals surface area contributed by atoms with Gasteiger partial charge in [0.05, 0.1) is 21.7 Å². The highest BCUT2D eigenvalue weighted by atomic mass is 35.5. The van der Waals surface area contributed by atoms with Gasteiger partial charge >= 0.3 is 6.03 Å². The minimum atomic E-state index is -0.298. The molecular formula is C27H23Cl2FN4O. The third-order valence-corrected chi connectivity index (χ3v) is 7.74. The summed E-state index contributed by atoms with van der Waals surface area (Å²) in [6.07, 6.45) is 1.63. The summed E-state index contributed by atoms with van der Waals surface area (Å²) in [6.45, 7) is 2.94. The third kappa shape index (κ3) is 4.72. The van der Waals surface area contributed by atoms with E-state index >= 15 is 0 Å². The molecule has 2 amide bonds. The lowest BCUT2D eigenvalue weighted by molar-refractivity contribution is 0.160. The van der Waals surface area contributed by atoms with Crippen molar-refractivity contribution in [3.05, 3.63) is 93.2 Å². The maximum absolute atomic E-state index is 14.3. The van der Waals surface area contributed by atoms with Crippen molar-refractivity contribution in [1.29, 1.82) is 5.26 Å². The lowest BCUT2D eigenvalue weighted by Crippen LogP contribution is -2.46. The van der Waals surface area contributed by atoms with Crippen LogP contribution >= 0.6 is 23.2 Å². The zero-order chi connectivity index (χ0) is 24.6. The zero-order valence-corrected chi connectivity index (χ0v) is 20.4. The van der Waals surface area contributed by atoms with Gasteiger partial charge in [0, 0.05) is 29.9 Å². The Morgan fingerprint density at radius 3 is 2.46 bits per heavy atom. The number of anilines is 2. The summed E-state index contributed by atoms with van der Waals surface area (Å²) in [4.78, 5) is 17.3. The van der Waals surface area contributed by atoms with Crippen LogP contribution in [-0.4, -0.2) is 30.6 Å². The number of hydrogen-bond acceptors (Lipinski definition) is 3. The third-order valence-electron chi connectivity index (χ3n) is 7.00. The van der Waals surface area contributed by atoms with Crippen LogP contribution in [-0.2, 0) is 12.0 Å². The number of piperidine rings is 1. The molecule has 0 unspecified atom stereocenters. The Hall–Kier alpha value is -3.11. The highest BCUT2D eigenvalue weighted by Gasteiger charge is 2.46. The number of urea groups is 1. The van der Waals surface area contributed by atoms with Gasteiger partial charge in [-0.2, -0.15) is 5.26 Å². The number of nitrogens with one attached hydrogen (secondary N) is 1. The summed E-state index contributed by atoms with van der Waals surface area (Å²) in [5.74, 6) is -0.296. The highest BCUT2D eigenvalue weighted by Crippen LogP contribution is 2.47. The number of carbonyl (C=O) groups is 1. The Balaban J connectivity index is 1.33. The number of halogens is 3. The molecule has 2 heterocycles. The van der Waals surface area contributed by atoms with E-state index in [4.69, 9.17) is 28.5 Å². The van der Waals surface area contributed by atoms with E-state index in [1.165, 1.54) is 6.07 Å². The number of rotatable bonds is 3. The van der Waals surface area contributed by atoms with Gasteiger partial charge in [-0.05, 0) is 85.6 Å². The van der Waals surface area contributed by atoms with Crippen molar-refractivity contribution in [1.82, 2.24) is 4.90 Å². The van der Waals surface area contributed by atoms with E-state index in [1.54, 1.807) is 35.2 Å². The summed E-state index contributed by atoms with van der Waals surface area (Å²) < 4.78 is 14.3. The predicted molar refractivity (Wildman–Crippen MR) is 137 cm³/mol. The Morgan fingerprint density at radius 2 is 1.77 bits per heavy atom. The molecular weight excluding hydrogens is 486 g/mol. The molecule has 1 saturated heterocycles. The second-order valence-corrected chi connectivity index (χ2v) is 9.99. The first-order chi connectivity index (χ1) is 16.9. The summed E-state index contributed by atoms with van der Waals surface area (Å²) in [5, 5.41) is 12.7. The predicted octanol–water partition coefficient (Wildman–Crippen LogP) is 6.59. The Morgan fingerprint density at radius 1 is 1.03 bits per heavy atom. The van der Waals surface area contributed by atoms with E-state index < -0.39 is 0 Å². The molecule has 0 radical (unpaired) electrons. The number of benzene rings is 3. The molecule has 0 bridgehead atoms. The van der Waals surface area contributed by atoms with Gasteiger partial charge < -0.3 is 5.32 Å². The average Bonchev–Trinajstić information content (AvgIpc) is 3.17. The van der Waals surface area contributed by atoms with Crippen LogP contribution in [0.5, 0.6) is 0 Å². The Kier molecular flexibility index (Phi) is 6.41. The van der Waals surface area contributed by atoms with Crippen molar-refractivity contribution in [2.75, 3.05) is 29.9 Å². The largest absolute Gasteiger partial charge is 0.326 e. The lowest BCUT2D eigenvalue weighted by atomic mass is 9.74. The van der Waals surface area contributed by atoms with Crippen molar-refractivity contribution < 1.29 is 9.18 Å². The van der Waals surface area contributed by atoms with Crippen LogP contribution in [0, 0.1) is 17.1 Å². The molecule has 1 fully saturated rings. The molecule has 178 valence electrons. The molecule has 0 saturated carbocycles. The van der Waals surface area contributed by atoms with Crippen LogP contribution in [0.25, 0.3) is 0 Å². The normalized spacial score (nSPS) is 16.7. The van der Waals surface area contributed by atoms with Gasteiger partial charge in [0.15, 0.2) is 0 Å². The van der Waals surface area contributed by atoms with Crippen LogP contribution in [0.3, 0.4) is 0 Å². The molecule has 1 spiro atoms. The zero-order valence-electron chi connectivity index (χ0n) is 18.9. The molecule has 1 N–H and O–H groups in total. The number of carbonyl (C=O) groups excluding carboxylic acids is 1. The second kappa shape index (κ2) is 9.50. The fourth-order valence-corrected chi connectivity index (χ4v) is 5.40. The summed E-state index contributed by atoms with van der Waals surface area (Å²) in [5.41, 5.74) is 3.68. The molecule has 3 aromatic rings. The van der Waals surface area contributed by atoms with Gasteiger partial charge in [-0.1, -0.05) is 35.3 Å². The van der Waals surface area contributed by atoms with Gasteiger partial charge in [0.1, 0.15) is 5.82 Å². The van der Waals surface area contributed by atoms with E-state index in [2.05, 4.69) is 16.3 Å². The first-order valence-corrected chi connectivity index (χ1v) is 12.2. The number of likely N-dealkylation sites (tertiary alicyclic amines) is 1. The van der Waals surface area contributed by atoms with E-state index in [9.17, 15) is 9.18 Å². The van der Waals surface area contributed by atoms with Crippen LogP contribution in [0.4, 0.5) is 20.6 Å². The molecule has 5 rings (SSSR count). The SMILES string of the molecule is N#Cc1ccc(CN2CCC3(CC2)CN(C(=O)Nc2ccc(Cl)c(Cl)c2)c2ccc(F)cc23)cc1. The van der Waals surface area contributed by atoms with Crippen LogP contribution in [0.1, 0.15) is 29.5 Å². The number of nitriles is 1. The van der Waals surface area contributed by atoms with Gasteiger partial charge in [-0.25, -0.2) is 9.18 Å². The summed E-state index contributed by atoms with van der Waals surface area (Å²) >= 11 is 12.1. The Bertz CT molecular complexity index is 1310. The van der Waals surface area contributed by atoms with Crippen molar-refractivity contribution in [3.8, 4) is 6.07 Å². The Labute approximate surface area is 213 Å². The number of nitrogens with zero attached hydrogens (tertiary/aromatic N) is 3. The van der Waals surface area contributed by atoms with Gasteiger partial charge in [-0.15, -0.1) is 0 Å². The minimum absolute atomic E-state index is 0.284. The fourth-order valence-electron chi connectivity index (χ4n) is 5.10. The van der Waals surface area contributed by atoms with E-state index in [1.807, 2.05) is 24.3 Å². The lowest BCUT2D eigenvalue weighted by Gasteiger charge is -2.40. The number of fused-ring (bicyclic) bond motifs is 2. The molecule has 0 atom stereocenters. The molecule has 0 aromatic heterocycles. The topological polar surface area (TPSA) is 59.4 Å². The quantitative estimate of drug-likeness (QED) is 0.434. The van der Waals surface area contributed by atoms with Crippen LogP contribution < -0.4 is 10.2 Å². The van der Waals surface area contributed by atoms with Crippen molar-refractivity contribution in [3.63, 3.8) is 0 Å². The van der Waals surface area contributed by atoms with Crippen molar-refractivity contribution in [2.45, 2.75) is 24.8 Å². The first-order valence-electron chi connectivity index (χ1n) is 11.4. The van der Waals surface area contributed by atoms with Crippen LogP contribution in [0.2, 0.25) is 10.0 Å². The fraction of sp³-hybridized carbons (Fsp3) is 0.259. The molecule has 3 aromatic carbocycles. The minimum Gasteiger partial charge on any atom is -0.307 e. The first kappa shape index (κ1) is 23.6. The van der Waals surface area contributed by atoms with Crippen LogP contribution in [0.15, 0.2) is 60.7 Å². The maximum atomic E-state index is 14.3. The second-order valence-electron chi connectivity index (χ2n) is 9.17. The summed E-state index contributed by atoms with van der Waals surface area (Å²) in [6, 6.07) is 19.1. The van der Waals surface area contributed by atoms with Gasteiger partial charge in [-0.3, -0.25) is 9.80 Å². The van der Waals surface area contributed by atoms with Crippen molar-refractivity contribution in [2.24, 2.45) is 0 Å².